The molecule has 1 aromatic carbocycles. The maximum Gasteiger partial charge on any atom is 0.146 e. The Morgan fingerprint density at radius 2 is 1.88 bits per heavy atom. The van der Waals surface area contributed by atoms with E-state index < -0.39 is 6.04 Å². The van der Waals surface area contributed by atoms with Crippen LogP contribution in [0.25, 0.3) is 0 Å². The van der Waals surface area contributed by atoms with Gasteiger partial charge in [0.15, 0.2) is 0 Å². The zero-order chi connectivity index (χ0) is 12.3. The lowest BCUT2D eigenvalue weighted by molar-refractivity contribution is 0.381. The monoisotopic (exact) mass is 234 g/mol. The molecule has 0 saturated carbocycles. The van der Waals surface area contributed by atoms with Crippen LogP contribution in [0.1, 0.15) is 17.4 Å². The van der Waals surface area contributed by atoms with Crippen molar-refractivity contribution < 1.29 is 9.47 Å². The first-order chi connectivity index (χ1) is 8.27. The van der Waals surface area contributed by atoms with Crippen molar-refractivity contribution in [2.45, 2.75) is 6.04 Å². The molecule has 1 unspecified atom stereocenters. The summed E-state index contributed by atoms with van der Waals surface area (Å²) in [6, 6.07) is 5.03. The third-order valence-corrected chi connectivity index (χ3v) is 2.51. The lowest BCUT2D eigenvalue weighted by Gasteiger charge is -2.16. The minimum Gasteiger partial charge on any atom is -0.496 e. The van der Waals surface area contributed by atoms with Gasteiger partial charge in [-0.25, -0.2) is 4.98 Å². The predicted molar refractivity (Wildman–Crippen MR) is 62.0 cm³/mol. The zero-order valence-corrected chi connectivity index (χ0v) is 9.68. The van der Waals surface area contributed by atoms with Gasteiger partial charge in [-0.15, -0.1) is 0 Å². The maximum absolute atomic E-state index is 6.12. The van der Waals surface area contributed by atoms with Crippen LogP contribution in [0.3, 0.4) is 0 Å². The molecule has 6 nitrogen and oxygen atoms in total. The first-order valence-electron chi connectivity index (χ1n) is 5.09. The van der Waals surface area contributed by atoms with E-state index >= 15 is 0 Å². The molecule has 90 valence electrons. The molecule has 2 aromatic rings. The van der Waals surface area contributed by atoms with Gasteiger partial charge in [-0.1, -0.05) is 6.07 Å². The number of aromatic amines is 1. The molecule has 6 heteroatoms. The fourth-order valence-electron chi connectivity index (χ4n) is 1.69. The van der Waals surface area contributed by atoms with Crippen LogP contribution in [0.2, 0.25) is 0 Å². The van der Waals surface area contributed by atoms with Crippen molar-refractivity contribution in [3.63, 3.8) is 0 Å². The first-order valence-corrected chi connectivity index (χ1v) is 5.09. The second-order valence-electron chi connectivity index (χ2n) is 3.42. The summed E-state index contributed by atoms with van der Waals surface area (Å²) in [5.41, 5.74) is 6.86. The highest BCUT2D eigenvalue weighted by molar-refractivity contribution is 5.48. The number of nitrogens with two attached hydrogens (primary N) is 1. The van der Waals surface area contributed by atoms with E-state index in [2.05, 4.69) is 15.2 Å². The number of hydrogen-bond donors (Lipinski definition) is 2. The molecule has 0 aliphatic carbocycles. The number of hydrogen-bond acceptors (Lipinski definition) is 5. The standard InChI is InChI=1S/C11H14N4O2/c1-16-7-4-3-5-8(17-2)9(7)10(12)11-13-6-14-15-11/h3-6,10H,12H2,1-2H3,(H,13,14,15). The number of methoxy groups -OCH3 is 2. The van der Waals surface area contributed by atoms with Crippen molar-refractivity contribution in [1.29, 1.82) is 0 Å². The number of ether oxygens (including phenoxy) is 2. The second-order valence-corrected chi connectivity index (χ2v) is 3.42. The molecule has 0 fully saturated rings. The van der Waals surface area contributed by atoms with E-state index in [0.29, 0.717) is 17.3 Å². The van der Waals surface area contributed by atoms with Gasteiger partial charge in [0.05, 0.1) is 25.8 Å². The van der Waals surface area contributed by atoms with Gasteiger partial charge in [-0.05, 0) is 12.1 Å². The molecule has 0 aliphatic heterocycles. The van der Waals surface area contributed by atoms with Gasteiger partial charge in [0.2, 0.25) is 0 Å². The molecular weight excluding hydrogens is 220 g/mol. The molecule has 17 heavy (non-hydrogen) atoms. The number of benzene rings is 1. The van der Waals surface area contributed by atoms with E-state index in [0.717, 1.165) is 5.56 Å². The number of H-pyrrole nitrogens is 1. The van der Waals surface area contributed by atoms with Crippen molar-refractivity contribution in [1.82, 2.24) is 15.2 Å². The van der Waals surface area contributed by atoms with E-state index in [1.54, 1.807) is 14.2 Å². The fourth-order valence-corrected chi connectivity index (χ4v) is 1.69. The highest BCUT2D eigenvalue weighted by Gasteiger charge is 2.20. The van der Waals surface area contributed by atoms with E-state index in [9.17, 15) is 0 Å². The summed E-state index contributed by atoms with van der Waals surface area (Å²) >= 11 is 0. The van der Waals surface area contributed by atoms with Crippen molar-refractivity contribution in [3.8, 4) is 11.5 Å². The van der Waals surface area contributed by atoms with Gasteiger partial charge in [-0.3, -0.25) is 5.10 Å². The summed E-state index contributed by atoms with van der Waals surface area (Å²) in [5, 5.41) is 6.52. The Balaban J connectivity index is 2.49. The lowest BCUT2D eigenvalue weighted by atomic mass is 10.0. The van der Waals surface area contributed by atoms with E-state index in [-0.39, 0.29) is 0 Å². The number of rotatable bonds is 4. The molecule has 0 aliphatic rings. The maximum atomic E-state index is 6.12. The van der Waals surface area contributed by atoms with Crippen LogP contribution >= 0.6 is 0 Å². The van der Waals surface area contributed by atoms with E-state index in [1.807, 2.05) is 18.2 Å². The number of aromatic nitrogens is 3. The van der Waals surface area contributed by atoms with Crippen LogP contribution < -0.4 is 15.2 Å². The van der Waals surface area contributed by atoms with Crippen LogP contribution in [0.5, 0.6) is 11.5 Å². The molecule has 0 saturated heterocycles. The van der Waals surface area contributed by atoms with E-state index in [1.165, 1.54) is 6.33 Å². The van der Waals surface area contributed by atoms with Gasteiger partial charge in [-0.2, -0.15) is 5.10 Å². The Labute approximate surface area is 98.8 Å². The third-order valence-electron chi connectivity index (χ3n) is 2.51. The Hall–Kier alpha value is -2.08. The van der Waals surface area contributed by atoms with Crippen molar-refractivity contribution in [3.05, 3.63) is 35.9 Å². The van der Waals surface area contributed by atoms with Crippen LogP contribution in [-0.2, 0) is 0 Å². The summed E-state index contributed by atoms with van der Waals surface area (Å²) in [4.78, 5) is 4.04. The Morgan fingerprint density at radius 3 is 2.35 bits per heavy atom. The quantitative estimate of drug-likeness (QED) is 0.819. The molecular formula is C11H14N4O2. The molecule has 3 N–H and O–H groups in total. The smallest absolute Gasteiger partial charge is 0.146 e. The Bertz CT molecular complexity index is 462. The van der Waals surface area contributed by atoms with Crippen LogP contribution in [0.4, 0.5) is 0 Å². The lowest BCUT2D eigenvalue weighted by Crippen LogP contribution is -2.16. The normalized spacial score (nSPS) is 12.2. The van der Waals surface area contributed by atoms with Crippen LogP contribution in [-0.4, -0.2) is 29.4 Å². The average molecular weight is 234 g/mol. The molecule has 1 atom stereocenters. The van der Waals surface area contributed by atoms with Gasteiger partial charge in [0.1, 0.15) is 23.7 Å². The average Bonchev–Trinajstić information content (AvgIpc) is 2.90. The molecule has 1 aromatic heterocycles. The van der Waals surface area contributed by atoms with E-state index in [4.69, 9.17) is 15.2 Å². The molecule has 0 amide bonds. The second kappa shape index (κ2) is 4.84. The van der Waals surface area contributed by atoms with Crippen LogP contribution in [0, 0.1) is 0 Å². The Morgan fingerprint density at radius 1 is 1.24 bits per heavy atom. The summed E-state index contributed by atoms with van der Waals surface area (Å²) in [6.45, 7) is 0. The Kier molecular flexibility index (Phi) is 3.24. The predicted octanol–water partition coefficient (Wildman–Crippen LogP) is 0.870. The summed E-state index contributed by atoms with van der Waals surface area (Å²) in [5.74, 6) is 1.88. The minimum absolute atomic E-state index is 0.469. The number of nitrogens with one attached hydrogen (secondary N) is 1. The van der Waals surface area contributed by atoms with Crippen molar-refractivity contribution in [2.24, 2.45) is 5.73 Å². The number of nitrogens with zero attached hydrogens (tertiary/aromatic N) is 2. The highest BCUT2D eigenvalue weighted by Crippen LogP contribution is 2.34. The van der Waals surface area contributed by atoms with Gasteiger partial charge in [0.25, 0.3) is 0 Å². The highest BCUT2D eigenvalue weighted by atomic mass is 16.5. The fraction of sp³-hybridized carbons (Fsp3) is 0.273. The third kappa shape index (κ3) is 2.07. The summed E-state index contributed by atoms with van der Waals surface area (Å²) < 4.78 is 10.6. The first kappa shape index (κ1) is 11.4. The molecule has 0 bridgehead atoms. The largest absolute Gasteiger partial charge is 0.496 e. The molecule has 0 radical (unpaired) electrons. The minimum atomic E-state index is -0.469. The summed E-state index contributed by atoms with van der Waals surface area (Å²) in [7, 11) is 3.18. The summed E-state index contributed by atoms with van der Waals surface area (Å²) in [6.07, 6.45) is 1.41. The van der Waals surface area contributed by atoms with Crippen molar-refractivity contribution >= 4 is 0 Å². The topological polar surface area (TPSA) is 86.1 Å². The van der Waals surface area contributed by atoms with Gasteiger partial charge in [0, 0.05) is 0 Å². The zero-order valence-electron chi connectivity index (χ0n) is 9.68. The molecule has 0 spiro atoms. The molecule has 1 heterocycles. The van der Waals surface area contributed by atoms with Crippen LogP contribution in [0.15, 0.2) is 24.5 Å². The van der Waals surface area contributed by atoms with Gasteiger partial charge < -0.3 is 15.2 Å². The van der Waals surface area contributed by atoms with Gasteiger partial charge >= 0.3 is 0 Å². The molecule has 2 rings (SSSR count). The van der Waals surface area contributed by atoms with Crippen molar-refractivity contribution in [2.75, 3.05) is 14.2 Å². The SMILES string of the molecule is COc1cccc(OC)c1C(N)c1ncn[nH]1.